The summed E-state index contributed by atoms with van der Waals surface area (Å²) < 4.78 is 45.6. The van der Waals surface area contributed by atoms with Gasteiger partial charge in [0.25, 0.3) is 0 Å². The fourth-order valence-electron chi connectivity index (χ4n) is 2.61. The lowest BCUT2D eigenvalue weighted by Gasteiger charge is -2.34. The van der Waals surface area contributed by atoms with Crippen molar-refractivity contribution >= 4 is 21.7 Å². The summed E-state index contributed by atoms with van der Waals surface area (Å²) >= 11 is 0. The van der Waals surface area contributed by atoms with Crippen molar-refractivity contribution in [3.8, 4) is 0 Å². The van der Waals surface area contributed by atoms with Gasteiger partial charge in [-0.2, -0.15) is 0 Å². The lowest BCUT2D eigenvalue weighted by Crippen LogP contribution is -2.41. The summed E-state index contributed by atoms with van der Waals surface area (Å²) in [6.07, 6.45) is 2.18. The van der Waals surface area contributed by atoms with Crippen LogP contribution >= 0.6 is 0 Å². The van der Waals surface area contributed by atoms with Crippen molar-refractivity contribution in [2.75, 3.05) is 11.3 Å². The van der Waals surface area contributed by atoms with Gasteiger partial charge < -0.3 is 4.74 Å². The number of rotatable bonds is 5. The number of esters is 1. The lowest BCUT2D eigenvalue weighted by molar-refractivity contribution is 0.0526. The number of halogens is 1. The molecule has 0 heterocycles. The average molecular weight is 355 g/mol. The number of allylic oxidation sites excluding steroid dienone is 1. The molecule has 24 heavy (non-hydrogen) atoms. The van der Waals surface area contributed by atoms with E-state index in [4.69, 9.17) is 4.74 Å². The molecule has 1 aliphatic rings. The normalized spacial score (nSPS) is 17.4. The molecule has 1 fully saturated rings. The standard InChI is InChI=1S/C17H22FNO4S/c1-4-23-16(20)13-5-6-15(14(18)11-13)19-24(21,22)17(3)9-7-12(2)8-10-17/h5-6,11,19H,2,4,7-10H2,1,3H3. The van der Waals surface area contributed by atoms with Crippen LogP contribution in [0.2, 0.25) is 0 Å². The molecule has 0 radical (unpaired) electrons. The molecular weight excluding hydrogens is 333 g/mol. The van der Waals surface area contributed by atoms with E-state index in [-0.39, 0.29) is 17.9 Å². The Morgan fingerprint density at radius 1 is 1.38 bits per heavy atom. The van der Waals surface area contributed by atoms with Gasteiger partial charge in [0.2, 0.25) is 10.0 Å². The van der Waals surface area contributed by atoms with Gasteiger partial charge in [0.15, 0.2) is 0 Å². The third-order valence-corrected chi connectivity index (χ3v) is 6.58. The van der Waals surface area contributed by atoms with Crippen LogP contribution in [0.3, 0.4) is 0 Å². The van der Waals surface area contributed by atoms with E-state index < -0.39 is 26.6 Å². The van der Waals surface area contributed by atoms with E-state index >= 15 is 0 Å². The second-order valence-electron chi connectivity index (χ2n) is 6.22. The number of carbonyl (C=O) groups is 1. The number of ether oxygens (including phenoxy) is 1. The van der Waals surface area contributed by atoms with Gasteiger partial charge >= 0.3 is 5.97 Å². The fourth-order valence-corrected chi connectivity index (χ4v) is 4.05. The molecule has 0 bridgehead atoms. The zero-order valence-electron chi connectivity index (χ0n) is 13.9. The van der Waals surface area contributed by atoms with E-state index in [0.29, 0.717) is 25.7 Å². The minimum absolute atomic E-state index is 0.0393. The van der Waals surface area contributed by atoms with Gasteiger partial charge in [0, 0.05) is 0 Å². The maximum atomic E-state index is 14.2. The largest absolute Gasteiger partial charge is 0.462 e. The summed E-state index contributed by atoms with van der Waals surface area (Å²) in [6, 6.07) is 3.55. The van der Waals surface area contributed by atoms with Crippen LogP contribution in [0.15, 0.2) is 30.4 Å². The topological polar surface area (TPSA) is 72.5 Å². The molecule has 132 valence electrons. The summed E-state index contributed by atoms with van der Waals surface area (Å²) in [5.41, 5.74) is 0.902. The molecule has 0 atom stereocenters. The van der Waals surface area contributed by atoms with Crippen LogP contribution in [0.5, 0.6) is 0 Å². The summed E-state index contributed by atoms with van der Waals surface area (Å²) in [6.45, 7) is 7.37. The van der Waals surface area contributed by atoms with Gasteiger partial charge in [-0.3, -0.25) is 4.72 Å². The van der Waals surface area contributed by atoms with Gasteiger partial charge in [-0.05, 0) is 57.7 Å². The van der Waals surface area contributed by atoms with Crippen LogP contribution in [-0.4, -0.2) is 25.7 Å². The zero-order chi connectivity index (χ0) is 18.0. The van der Waals surface area contributed by atoms with Gasteiger partial charge in [-0.25, -0.2) is 17.6 Å². The number of nitrogens with one attached hydrogen (secondary N) is 1. The molecule has 1 aromatic rings. The van der Waals surface area contributed by atoms with Crippen molar-refractivity contribution in [3.05, 3.63) is 41.7 Å². The third-order valence-electron chi connectivity index (χ3n) is 4.39. The van der Waals surface area contributed by atoms with Crippen LogP contribution < -0.4 is 4.72 Å². The molecule has 0 aliphatic heterocycles. The first kappa shape index (κ1) is 18.4. The zero-order valence-corrected chi connectivity index (χ0v) is 14.7. The van der Waals surface area contributed by atoms with Gasteiger partial charge in [0.05, 0.1) is 22.6 Å². The van der Waals surface area contributed by atoms with Gasteiger partial charge in [-0.1, -0.05) is 12.2 Å². The highest BCUT2D eigenvalue weighted by atomic mass is 32.2. The first-order chi connectivity index (χ1) is 11.2. The minimum atomic E-state index is -3.77. The maximum absolute atomic E-state index is 14.2. The molecule has 0 aromatic heterocycles. The second kappa shape index (κ2) is 6.93. The Bertz CT molecular complexity index is 748. The summed E-state index contributed by atoms with van der Waals surface area (Å²) in [7, 11) is -3.77. The molecule has 1 aliphatic carbocycles. The van der Waals surface area contributed by atoms with E-state index in [1.807, 2.05) is 0 Å². The van der Waals surface area contributed by atoms with Crippen molar-refractivity contribution in [1.82, 2.24) is 0 Å². The summed E-state index contributed by atoms with van der Waals surface area (Å²) in [4.78, 5) is 11.6. The van der Waals surface area contributed by atoms with Crippen molar-refractivity contribution in [3.63, 3.8) is 0 Å². The highest BCUT2D eigenvalue weighted by Gasteiger charge is 2.41. The monoisotopic (exact) mass is 355 g/mol. The molecular formula is C17H22FNO4S. The molecule has 7 heteroatoms. The molecule has 0 unspecified atom stereocenters. The molecule has 0 amide bonds. The molecule has 1 aromatic carbocycles. The van der Waals surface area contributed by atoms with Crippen molar-refractivity contribution < 1.29 is 22.3 Å². The highest BCUT2D eigenvalue weighted by Crippen LogP contribution is 2.37. The maximum Gasteiger partial charge on any atom is 0.338 e. The number of hydrogen-bond acceptors (Lipinski definition) is 4. The Morgan fingerprint density at radius 2 is 2.00 bits per heavy atom. The van der Waals surface area contributed by atoms with Crippen molar-refractivity contribution in [2.24, 2.45) is 0 Å². The molecule has 1 saturated carbocycles. The number of hydrogen-bond donors (Lipinski definition) is 1. The molecule has 1 N–H and O–H groups in total. The number of carbonyl (C=O) groups excluding carboxylic acids is 1. The molecule has 0 spiro atoms. The highest BCUT2D eigenvalue weighted by molar-refractivity contribution is 7.94. The Labute approximate surface area is 142 Å². The van der Waals surface area contributed by atoms with Crippen LogP contribution in [0.25, 0.3) is 0 Å². The van der Waals surface area contributed by atoms with E-state index in [9.17, 15) is 17.6 Å². The van der Waals surface area contributed by atoms with Gasteiger partial charge in [0.1, 0.15) is 5.82 Å². The Morgan fingerprint density at radius 3 is 2.54 bits per heavy atom. The van der Waals surface area contributed by atoms with E-state index in [0.717, 1.165) is 11.6 Å². The van der Waals surface area contributed by atoms with Crippen LogP contribution in [0.1, 0.15) is 49.9 Å². The van der Waals surface area contributed by atoms with Gasteiger partial charge in [-0.15, -0.1) is 0 Å². The number of benzene rings is 1. The third kappa shape index (κ3) is 3.77. The van der Waals surface area contributed by atoms with E-state index in [1.54, 1.807) is 13.8 Å². The van der Waals surface area contributed by atoms with Crippen LogP contribution in [0.4, 0.5) is 10.1 Å². The minimum Gasteiger partial charge on any atom is -0.462 e. The molecule has 2 rings (SSSR count). The summed E-state index contributed by atoms with van der Waals surface area (Å²) in [5.74, 6) is -1.46. The quantitative estimate of drug-likeness (QED) is 0.647. The van der Waals surface area contributed by atoms with E-state index in [1.165, 1.54) is 12.1 Å². The predicted molar refractivity (Wildman–Crippen MR) is 90.9 cm³/mol. The first-order valence-electron chi connectivity index (χ1n) is 7.84. The average Bonchev–Trinajstić information content (AvgIpc) is 2.52. The molecule has 5 nitrogen and oxygen atoms in total. The Hall–Kier alpha value is -1.89. The smallest absolute Gasteiger partial charge is 0.338 e. The summed E-state index contributed by atoms with van der Waals surface area (Å²) in [5, 5.41) is 0. The Balaban J connectivity index is 2.21. The lowest BCUT2D eigenvalue weighted by atomic mass is 9.87. The number of anilines is 1. The van der Waals surface area contributed by atoms with Crippen LogP contribution in [0, 0.1) is 5.82 Å². The van der Waals surface area contributed by atoms with Crippen molar-refractivity contribution in [2.45, 2.75) is 44.3 Å². The SMILES string of the molecule is C=C1CCC(C)(S(=O)(=O)Nc2ccc(C(=O)OCC)cc2F)CC1. The van der Waals surface area contributed by atoms with Crippen LogP contribution in [-0.2, 0) is 14.8 Å². The molecule has 0 saturated heterocycles. The first-order valence-corrected chi connectivity index (χ1v) is 9.32. The fraction of sp³-hybridized carbons (Fsp3) is 0.471. The Kier molecular flexibility index (Phi) is 5.32. The predicted octanol–water partition coefficient (Wildman–Crippen LogP) is 3.63. The van der Waals surface area contributed by atoms with Crippen molar-refractivity contribution in [1.29, 1.82) is 0 Å². The second-order valence-corrected chi connectivity index (χ2v) is 8.42. The number of sulfonamides is 1. The van der Waals surface area contributed by atoms with E-state index in [2.05, 4.69) is 11.3 Å².